The summed E-state index contributed by atoms with van der Waals surface area (Å²) in [4.78, 5) is 12.7. The Labute approximate surface area is 177 Å². The zero-order chi connectivity index (χ0) is 21.7. The predicted octanol–water partition coefficient (Wildman–Crippen LogP) is 4.18. The number of hydrogen-bond acceptors (Lipinski definition) is 3. The molecule has 1 N–H and O–H groups in total. The normalized spacial score (nSPS) is 14.6. The Kier molecular flexibility index (Phi) is 7.98. The van der Waals surface area contributed by atoms with Gasteiger partial charge in [0.25, 0.3) is 8.32 Å². The van der Waals surface area contributed by atoms with Crippen LogP contribution in [0.3, 0.4) is 0 Å². The first-order chi connectivity index (χ1) is 13.6. The molecule has 4 heteroatoms. The summed E-state index contributed by atoms with van der Waals surface area (Å²) in [5.41, 5.74) is 0. The molecule has 29 heavy (non-hydrogen) atoms. The Balaban J connectivity index is 2.38. The summed E-state index contributed by atoms with van der Waals surface area (Å²) in [5, 5.41) is 12.4. The van der Waals surface area contributed by atoms with Crippen LogP contribution in [-0.2, 0) is 9.22 Å². The molecule has 158 valence electrons. The van der Waals surface area contributed by atoms with E-state index in [1.165, 1.54) is 10.4 Å². The molecule has 0 aliphatic rings. The van der Waals surface area contributed by atoms with E-state index in [2.05, 4.69) is 69.3 Å². The number of aliphatic hydroxyl groups is 1. The molecule has 2 rings (SSSR count). The van der Waals surface area contributed by atoms with Crippen molar-refractivity contribution in [3.63, 3.8) is 0 Å². The van der Waals surface area contributed by atoms with Crippen LogP contribution in [0.2, 0.25) is 5.04 Å². The first-order valence-corrected chi connectivity index (χ1v) is 12.5. The molecule has 0 aliphatic carbocycles. The van der Waals surface area contributed by atoms with Gasteiger partial charge in [0.2, 0.25) is 0 Å². The highest BCUT2D eigenvalue weighted by atomic mass is 28.4. The highest BCUT2D eigenvalue weighted by Crippen LogP contribution is 2.37. The predicted molar refractivity (Wildman–Crippen MR) is 123 cm³/mol. The molecule has 3 nitrogen and oxygen atoms in total. The van der Waals surface area contributed by atoms with Gasteiger partial charge in [0.15, 0.2) is 0 Å². The first-order valence-electron chi connectivity index (χ1n) is 10.6. The fraction of sp³-hybridized carbons (Fsp3) is 0.480. The number of ketones is 1. The second-order valence-electron chi connectivity index (χ2n) is 9.36. The summed E-state index contributed by atoms with van der Waals surface area (Å²) in [5.74, 6) is -0.127. The smallest absolute Gasteiger partial charge is 0.261 e. The molecule has 2 aromatic rings. The lowest BCUT2D eigenvalue weighted by atomic mass is 9.96. The number of hydrogen-bond donors (Lipinski definition) is 1. The molecular weight excluding hydrogens is 376 g/mol. The summed E-state index contributed by atoms with van der Waals surface area (Å²) < 4.78 is 6.83. The number of carbonyl (C=O) groups excluding carboxylic acids is 1. The van der Waals surface area contributed by atoms with Crippen LogP contribution in [0, 0.1) is 11.8 Å². The number of rotatable bonds is 9. The van der Waals surface area contributed by atoms with Crippen LogP contribution in [0.25, 0.3) is 0 Å². The van der Waals surface area contributed by atoms with E-state index in [-0.39, 0.29) is 29.1 Å². The fourth-order valence-electron chi connectivity index (χ4n) is 3.75. The molecule has 0 amide bonds. The summed E-state index contributed by atoms with van der Waals surface area (Å²) in [6.45, 7) is 12.8. The maximum absolute atomic E-state index is 12.7. The van der Waals surface area contributed by atoms with Gasteiger partial charge in [-0.1, -0.05) is 102 Å². The van der Waals surface area contributed by atoms with Crippen molar-refractivity contribution in [1.82, 2.24) is 0 Å². The monoisotopic (exact) mass is 412 g/mol. The van der Waals surface area contributed by atoms with Crippen LogP contribution in [0.1, 0.15) is 48.0 Å². The minimum Gasteiger partial charge on any atom is -0.407 e. The van der Waals surface area contributed by atoms with Gasteiger partial charge in [-0.25, -0.2) is 0 Å². The summed E-state index contributed by atoms with van der Waals surface area (Å²) in [6, 6.07) is 20.9. The summed E-state index contributed by atoms with van der Waals surface area (Å²) >= 11 is 0. The highest BCUT2D eigenvalue weighted by molar-refractivity contribution is 6.99. The van der Waals surface area contributed by atoms with Crippen LogP contribution in [-0.4, -0.2) is 31.9 Å². The molecule has 0 radical (unpaired) electrons. The molecule has 0 aromatic heterocycles. The van der Waals surface area contributed by atoms with Crippen molar-refractivity contribution in [1.29, 1.82) is 0 Å². The quantitative estimate of drug-likeness (QED) is 0.629. The zero-order valence-corrected chi connectivity index (χ0v) is 19.7. The van der Waals surface area contributed by atoms with Crippen molar-refractivity contribution in [2.45, 2.75) is 59.1 Å². The van der Waals surface area contributed by atoms with Crippen molar-refractivity contribution in [3.05, 3.63) is 60.7 Å². The standard InChI is InChI=1S/C25H36O3Si/c1-19(2)23(26)17-24(27)20(3)18-28-29(25(4,5)6,21-13-9-7-10-14-21)22-15-11-8-12-16-22/h7-16,19-20,23,26H,17-18H2,1-6H3/t20-,23+/m0/s1. The van der Waals surface area contributed by atoms with Crippen molar-refractivity contribution < 1.29 is 14.3 Å². The van der Waals surface area contributed by atoms with E-state index in [0.29, 0.717) is 6.61 Å². The second-order valence-corrected chi connectivity index (χ2v) is 13.7. The van der Waals surface area contributed by atoms with Gasteiger partial charge >= 0.3 is 0 Å². The minimum absolute atomic E-state index is 0.0594. The number of aliphatic hydroxyl groups excluding tert-OH is 1. The topological polar surface area (TPSA) is 46.5 Å². The number of benzene rings is 2. The van der Waals surface area contributed by atoms with E-state index in [4.69, 9.17) is 4.43 Å². The first kappa shape index (κ1) is 23.5. The second kappa shape index (κ2) is 9.83. The molecule has 0 unspecified atom stereocenters. The lowest BCUT2D eigenvalue weighted by molar-refractivity contribution is -0.125. The van der Waals surface area contributed by atoms with E-state index in [0.717, 1.165) is 0 Å². The summed E-state index contributed by atoms with van der Waals surface area (Å²) in [7, 11) is -2.63. The number of carbonyl (C=O) groups is 1. The molecular formula is C25H36O3Si. The van der Waals surface area contributed by atoms with Crippen molar-refractivity contribution in [2.75, 3.05) is 6.61 Å². The Bertz CT molecular complexity index is 726. The maximum Gasteiger partial charge on any atom is 0.261 e. The molecule has 2 atom stereocenters. The van der Waals surface area contributed by atoms with Crippen LogP contribution in [0.5, 0.6) is 0 Å². The molecule has 0 bridgehead atoms. The largest absolute Gasteiger partial charge is 0.407 e. The third-order valence-electron chi connectivity index (χ3n) is 5.70. The zero-order valence-electron chi connectivity index (χ0n) is 18.7. The van der Waals surface area contributed by atoms with Crippen LogP contribution in [0.15, 0.2) is 60.7 Å². The Hall–Kier alpha value is -1.75. The Morgan fingerprint density at radius 1 is 0.931 bits per heavy atom. The Morgan fingerprint density at radius 3 is 1.76 bits per heavy atom. The fourth-order valence-corrected chi connectivity index (χ4v) is 8.40. The minimum atomic E-state index is -2.63. The van der Waals surface area contributed by atoms with E-state index < -0.39 is 14.4 Å². The van der Waals surface area contributed by atoms with Gasteiger partial charge in [0.05, 0.1) is 6.10 Å². The average molecular weight is 413 g/mol. The van der Waals surface area contributed by atoms with E-state index in [1.54, 1.807) is 0 Å². The van der Waals surface area contributed by atoms with E-state index in [1.807, 2.05) is 32.9 Å². The Morgan fingerprint density at radius 2 is 1.38 bits per heavy atom. The van der Waals surface area contributed by atoms with Gasteiger partial charge in [-0.05, 0) is 21.3 Å². The third kappa shape index (κ3) is 5.44. The van der Waals surface area contributed by atoms with E-state index >= 15 is 0 Å². The molecule has 0 heterocycles. The van der Waals surface area contributed by atoms with Crippen molar-refractivity contribution in [3.8, 4) is 0 Å². The van der Waals surface area contributed by atoms with Gasteiger partial charge in [0, 0.05) is 18.9 Å². The van der Waals surface area contributed by atoms with Gasteiger partial charge in [-0.2, -0.15) is 0 Å². The van der Waals surface area contributed by atoms with Gasteiger partial charge in [0.1, 0.15) is 5.78 Å². The molecule has 0 saturated carbocycles. The van der Waals surface area contributed by atoms with Crippen molar-refractivity contribution >= 4 is 24.5 Å². The van der Waals surface area contributed by atoms with Gasteiger partial charge < -0.3 is 9.53 Å². The summed E-state index contributed by atoms with van der Waals surface area (Å²) in [6.07, 6.45) is -0.416. The lowest BCUT2D eigenvalue weighted by Crippen LogP contribution is -2.67. The average Bonchev–Trinajstić information content (AvgIpc) is 2.68. The third-order valence-corrected chi connectivity index (χ3v) is 10.7. The van der Waals surface area contributed by atoms with Crippen LogP contribution in [0.4, 0.5) is 0 Å². The van der Waals surface area contributed by atoms with Crippen molar-refractivity contribution in [2.24, 2.45) is 11.8 Å². The van der Waals surface area contributed by atoms with E-state index in [9.17, 15) is 9.90 Å². The molecule has 0 fully saturated rings. The SMILES string of the molecule is CC(C)[C@H](O)CC(=O)[C@@H](C)CO[Si](c1ccccc1)(c1ccccc1)C(C)(C)C. The van der Waals surface area contributed by atoms with Gasteiger partial charge in [-0.3, -0.25) is 4.79 Å². The molecule has 0 saturated heterocycles. The molecule has 0 spiro atoms. The maximum atomic E-state index is 12.7. The lowest BCUT2D eigenvalue weighted by Gasteiger charge is -2.43. The van der Waals surface area contributed by atoms with Crippen LogP contribution >= 0.6 is 0 Å². The molecule has 2 aromatic carbocycles. The number of Topliss-reactive ketones (excluding diaryl/α,β-unsaturated/α-hetero) is 1. The highest BCUT2D eigenvalue weighted by Gasteiger charge is 2.50. The van der Waals surface area contributed by atoms with Crippen LogP contribution < -0.4 is 10.4 Å². The van der Waals surface area contributed by atoms with Gasteiger partial charge in [-0.15, -0.1) is 0 Å². The molecule has 0 aliphatic heterocycles.